The van der Waals surface area contributed by atoms with E-state index in [1.807, 2.05) is 42.5 Å². The van der Waals surface area contributed by atoms with Crippen LogP contribution in [-0.2, 0) is 0 Å². The third-order valence-corrected chi connectivity index (χ3v) is 5.73. The topological polar surface area (TPSA) is 33.2 Å². The number of aryl methyl sites for hydroxylation is 1. The molecular weight excluding hydrogens is 332 g/mol. The van der Waals surface area contributed by atoms with Gasteiger partial charge in [-0.05, 0) is 50.3 Å². The molecule has 0 saturated carbocycles. The highest BCUT2D eigenvalue weighted by Crippen LogP contribution is 2.29. The van der Waals surface area contributed by atoms with E-state index in [2.05, 4.69) is 30.9 Å². The van der Waals surface area contributed by atoms with Gasteiger partial charge < -0.3 is 4.90 Å². The van der Waals surface area contributed by atoms with Gasteiger partial charge in [0.25, 0.3) is 5.91 Å². The number of hydrogen-bond acceptors (Lipinski definition) is 2. The van der Waals surface area contributed by atoms with Crippen molar-refractivity contribution in [1.29, 1.82) is 0 Å². The maximum Gasteiger partial charge on any atom is 0.254 e. The molecule has 0 bridgehead atoms. The van der Waals surface area contributed by atoms with Gasteiger partial charge in [0.15, 0.2) is 0 Å². The molecule has 1 amide bonds. The maximum atomic E-state index is 13.5. The van der Waals surface area contributed by atoms with E-state index in [9.17, 15) is 4.79 Å². The quantitative estimate of drug-likeness (QED) is 0.609. The summed E-state index contributed by atoms with van der Waals surface area (Å²) < 4.78 is 0. The lowest BCUT2D eigenvalue weighted by atomic mass is 9.96. The first kappa shape index (κ1) is 17.7. The SMILES string of the molecule is CCC1CCCCN1C(=O)c1cc(-c2ccccc2C)nc2ccccc12. The van der Waals surface area contributed by atoms with E-state index in [-0.39, 0.29) is 5.91 Å². The van der Waals surface area contributed by atoms with Gasteiger partial charge in [-0.25, -0.2) is 4.98 Å². The molecule has 1 aliphatic rings. The molecule has 1 aliphatic heterocycles. The highest BCUT2D eigenvalue weighted by molar-refractivity contribution is 6.07. The van der Waals surface area contributed by atoms with Gasteiger partial charge in [0.05, 0.1) is 16.8 Å². The van der Waals surface area contributed by atoms with Crippen LogP contribution in [0.1, 0.15) is 48.5 Å². The smallest absolute Gasteiger partial charge is 0.254 e. The van der Waals surface area contributed by atoms with Crippen LogP contribution in [-0.4, -0.2) is 28.4 Å². The molecule has 2 heterocycles. The third-order valence-electron chi connectivity index (χ3n) is 5.73. The first-order valence-electron chi connectivity index (χ1n) is 9.96. The summed E-state index contributed by atoms with van der Waals surface area (Å²) in [5.74, 6) is 0.148. The minimum Gasteiger partial charge on any atom is -0.336 e. The fraction of sp³-hybridized carbons (Fsp3) is 0.333. The Kier molecular flexibility index (Phi) is 4.93. The first-order valence-corrected chi connectivity index (χ1v) is 9.96. The van der Waals surface area contributed by atoms with E-state index < -0.39 is 0 Å². The summed E-state index contributed by atoms with van der Waals surface area (Å²) in [6.07, 6.45) is 4.43. The molecule has 3 nitrogen and oxygen atoms in total. The molecule has 3 heteroatoms. The van der Waals surface area contributed by atoms with Crippen LogP contribution in [0.15, 0.2) is 54.6 Å². The summed E-state index contributed by atoms with van der Waals surface area (Å²) >= 11 is 0. The van der Waals surface area contributed by atoms with Crippen molar-refractivity contribution in [3.8, 4) is 11.3 Å². The normalized spacial score (nSPS) is 17.3. The zero-order valence-corrected chi connectivity index (χ0v) is 16.1. The van der Waals surface area contributed by atoms with Gasteiger partial charge in [0.1, 0.15) is 0 Å². The molecule has 0 aliphatic carbocycles. The molecule has 3 aromatic rings. The summed E-state index contributed by atoms with van der Waals surface area (Å²) in [7, 11) is 0. The number of para-hydroxylation sites is 1. The Hall–Kier alpha value is -2.68. The van der Waals surface area contributed by atoms with Gasteiger partial charge in [0, 0.05) is 23.5 Å². The van der Waals surface area contributed by atoms with E-state index in [1.54, 1.807) is 0 Å². The predicted octanol–water partition coefficient (Wildman–Crippen LogP) is 5.61. The molecule has 27 heavy (non-hydrogen) atoms. The van der Waals surface area contributed by atoms with Gasteiger partial charge in [-0.1, -0.05) is 49.4 Å². The highest BCUT2D eigenvalue weighted by atomic mass is 16.2. The first-order chi connectivity index (χ1) is 13.2. The van der Waals surface area contributed by atoms with Gasteiger partial charge >= 0.3 is 0 Å². The summed E-state index contributed by atoms with van der Waals surface area (Å²) in [4.78, 5) is 20.5. The molecule has 0 N–H and O–H groups in total. The summed E-state index contributed by atoms with van der Waals surface area (Å²) in [6, 6.07) is 18.6. The van der Waals surface area contributed by atoms with Crippen LogP contribution in [0.3, 0.4) is 0 Å². The molecule has 1 unspecified atom stereocenters. The van der Waals surface area contributed by atoms with Crippen LogP contribution in [0.4, 0.5) is 0 Å². The lowest BCUT2D eigenvalue weighted by Gasteiger charge is -2.35. The van der Waals surface area contributed by atoms with Crippen molar-refractivity contribution >= 4 is 16.8 Å². The second-order valence-electron chi connectivity index (χ2n) is 7.44. The fourth-order valence-electron chi connectivity index (χ4n) is 4.20. The van der Waals surface area contributed by atoms with E-state index in [0.29, 0.717) is 6.04 Å². The van der Waals surface area contributed by atoms with Crippen molar-refractivity contribution in [2.75, 3.05) is 6.54 Å². The van der Waals surface area contributed by atoms with Crippen molar-refractivity contribution < 1.29 is 4.79 Å². The zero-order valence-electron chi connectivity index (χ0n) is 16.1. The zero-order chi connectivity index (χ0) is 18.8. The molecule has 1 aromatic heterocycles. The second kappa shape index (κ2) is 7.51. The van der Waals surface area contributed by atoms with Crippen molar-refractivity contribution in [3.05, 3.63) is 65.7 Å². The molecule has 1 saturated heterocycles. The Labute approximate surface area is 161 Å². The number of aromatic nitrogens is 1. The number of carbonyl (C=O) groups excluding carboxylic acids is 1. The number of likely N-dealkylation sites (tertiary alicyclic amines) is 1. The Balaban J connectivity index is 1.86. The van der Waals surface area contributed by atoms with E-state index in [1.165, 1.54) is 12.0 Å². The Morgan fingerprint density at radius 1 is 1.11 bits per heavy atom. The minimum absolute atomic E-state index is 0.148. The van der Waals surface area contributed by atoms with E-state index in [4.69, 9.17) is 4.98 Å². The monoisotopic (exact) mass is 358 g/mol. The van der Waals surface area contributed by atoms with E-state index >= 15 is 0 Å². The number of piperidine rings is 1. The number of hydrogen-bond donors (Lipinski definition) is 0. The molecule has 4 rings (SSSR count). The maximum absolute atomic E-state index is 13.5. The lowest BCUT2D eigenvalue weighted by molar-refractivity contribution is 0.0610. The molecule has 0 radical (unpaired) electrons. The Bertz CT molecular complexity index is 979. The number of fused-ring (bicyclic) bond motifs is 1. The Morgan fingerprint density at radius 3 is 2.70 bits per heavy atom. The van der Waals surface area contributed by atoms with Crippen LogP contribution in [0.25, 0.3) is 22.2 Å². The molecule has 1 fully saturated rings. The number of pyridine rings is 1. The molecule has 1 atom stereocenters. The van der Waals surface area contributed by atoms with Crippen LogP contribution in [0.2, 0.25) is 0 Å². The summed E-state index contributed by atoms with van der Waals surface area (Å²) in [5.41, 5.74) is 4.79. The number of nitrogens with zero attached hydrogens (tertiary/aromatic N) is 2. The Morgan fingerprint density at radius 2 is 1.89 bits per heavy atom. The van der Waals surface area contributed by atoms with Gasteiger partial charge in [-0.15, -0.1) is 0 Å². The lowest BCUT2D eigenvalue weighted by Crippen LogP contribution is -2.43. The number of carbonyl (C=O) groups is 1. The van der Waals surface area contributed by atoms with Crippen molar-refractivity contribution in [2.24, 2.45) is 0 Å². The largest absolute Gasteiger partial charge is 0.336 e. The second-order valence-corrected chi connectivity index (χ2v) is 7.44. The fourth-order valence-corrected chi connectivity index (χ4v) is 4.20. The van der Waals surface area contributed by atoms with E-state index in [0.717, 1.165) is 53.5 Å². The molecular formula is C24H26N2O. The minimum atomic E-state index is 0.148. The van der Waals surface area contributed by atoms with Crippen LogP contribution in [0.5, 0.6) is 0 Å². The van der Waals surface area contributed by atoms with Crippen molar-refractivity contribution in [3.63, 3.8) is 0 Å². The molecule has 138 valence electrons. The highest BCUT2D eigenvalue weighted by Gasteiger charge is 2.27. The van der Waals surface area contributed by atoms with Crippen molar-refractivity contribution in [2.45, 2.75) is 45.6 Å². The summed E-state index contributed by atoms with van der Waals surface area (Å²) in [6.45, 7) is 5.12. The molecule has 2 aromatic carbocycles. The average molecular weight is 358 g/mol. The van der Waals surface area contributed by atoms with Gasteiger partial charge in [-0.2, -0.15) is 0 Å². The number of rotatable bonds is 3. The van der Waals surface area contributed by atoms with Crippen LogP contribution >= 0.6 is 0 Å². The number of benzene rings is 2. The average Bonchev–Trinajstić information content (AvgIpc) is 2.72. The predicted molar refractivity (Wildman–Crippen MR) is 111 cm³/mol. The summed E-state index contributed by atoms with van der Waals surface area (Å²) in [5, 5.41) is 0.945. The van der Waals surface area contributed by atoms with Gasteiger partial charge in [0.2, 0.25) is 0 Å². The van der Waals surface area contributed by atoms with Crippen LogP contribution in [0, 0.1) is 6.92 Å². The van der Waals surface area contributed by atoms with Crippen molar-refractivity contribution in [1.82, 2.24) is 9.88 Å². The molecule has 0 spiro atoms. The van der Waals surface area contributed by atoms with Gasteiger partial charge in [-0.3, -0.25) is 4.79 Å². The number of amides is 1. The third kappa shape index (κ3) is 3.34. The van der Waals surface area contributed by atoms with Crippen LogP contribution < -0.4 is 0 Å². The standard InChI is InChI=1S/C24H26N2O/c1-3-18-11-8-9-15-26(18)24(27)21-16-23(19-12-5-4-10-17(19)2)25-22-14-7-6-13-20(21)22/h4-7,10,12-14,16,18H,3,8-9,11,15H2,1-2H3.